The summed E-state index contributed by atoms with van der Waals surface area (Å²) in [6.45, 7) is 0.553. The fourth-order valence-electron chi connectivity index (χ4n) is 5.47. The monoisotopic (exact) mass is 579 g/mol. The number of halogens is 1. The van der Waals surface area contributed by atoms with Gasteiger partial charge in [-0.05, 0) is 65.2 Å². The molecule has 1 aliphatic heterocycles. The van der Waals surface area contributed by atoms with Gasteiger partial charge in [-0.15, -0.1) is 5.10 Å². The Bertz CT molecular complexity index is 1750. The molecule has 11 heteroatoms. The third kappa shape index (κ3) is 5.57. The number of aromatic amines is 1. The minimum Gasteiger partial charge on any atom is -0.478 e. The standard InChI is InChI=1S/C31H26ClN7O3/c32-24-12-13-27(39-19-34-36-37-39)22(17-24)11-14-28(40)38-15-5-10-25(20-6-2-1-3-7-20)29(38)30-33-18-26(35-30)21-8-4-9-23(16-21)31(41)42/h1-4,6-9,11-14,16-19,25,29H,5,10,15H2,(H,33,35)(H,41,42)/b14-11+/t25-,29-/m0/s1. The quantitative estimate of drug-likeness (QED) is 0.241. The summed E-state index contributed by atoms with van der Waals surface area (Å²) in [5, 5.41) is 21.4. The van der Waals surface area contributed by atoms with Gasteiger partial charge < -0.3 is 15.0 Å². The third-order valence-corrected chi connectivity index (χ3v) is 7.65. The van der Waals surface area contributed by atoms with Gasteiger partial charge in [0, 0.05) is 40.9 Å². The lowest BCUT2D eigenvalue weighted by Crippen LogP contribution is -2.41. The summed E-state index contributed by atoms with van der Waals surface area (Å²) in [6, 6.07) is 21.7. The molecule has 1 fully saturated rings. The van der Waals surface area contributed by atoms with Crippen molar-refractivity contribution in [2.24, 2.45) is 0 Å². The smallest absolute Gasteiger partial charge is 0.335 e. The van der Waals surface area contributed by atoms with Crippen molar-refractivity contribution in [2.45, 2.75) is 24.8 Å². The Hall–Kier alpha value is -5.09. The van der Waals surface area contributed by atoms with Crippen molar-refractivity contribution in [3.63, 3.8) is 0 Å². The highest BCUT2D eigenvalue weighted by Gasteiger charge is 2.37. The molecule has 2 atom stereocenters. The summed E-state index contributed by atoms with van der Waals surface area (Å²) in [5.74, 6) is -0.535. The highest BCUT2D eigenvalue weighted by atomic mass is 35.5. The SMILES string of the molecule is O=C(O)c1cccc(-c2c[nH]c([C@@H]3[C@H](c4ccccc4)CCCN3C(=O)/C=C/c3cc(Cl)ccc3-n3cnnn3)n2)c1. The maximum absolute atomic E-state index is 13.9. The fourth-order valence-corrected chi connectivity index (χ4v) is 5.65. The Balaban J connectivity index is 1.36. The van der Waals surface area contributed by atoms with Gasteiger partial charge in [-0.25, -0.2) is 9.78 Å². The second-order valence-corrected chi connectivity index (χ2v) is 10.4. The molecule has 6 rings (SSSR count). The molecule has 0 unspecified atom stereocenters. The summed E-state index contributed by atoms with van der Waals surface area (Å²) in [6.07, 6.45) is 8.21. The van der Waals surface area contributed by atoms with Gasteiger partial charge in [0.1, 0.15) is 12.2 Å². The van der Waals surface area contributed by atoms with Crippen LogP contribution in [0.1, 0.15) is 52.1 Å². The predicted molar refractivity (Wildman–Crippen MR) is 157 cm³/mol. The maximum Gasteiger partial charge on any atom is 0.335 e. The number of aromatic nitrogens is 6. The van der Waals surface area contributed by atoms with Crippen LogP contribution in [0.4, 0.5) is 0 Å². The molecular formula is C31H26ClN7O3. The number of amides is 1. The van der Waals surface area contributed by atoms with Crippen molar-refractivity contribution >= 4 is 29.6 Å². The van der Waals surface area contributed by atoms with E-state index in [1.807, 2.05) is 29.2 Å². The second-order valence-electron chi connectivity index (χ2n) is 9.98. The van der Waals surface area contributed by atoms with Gasteiger partial charge >= 0.3 is 5.97 Å². The van der Waals surface area contributed by atoms with E-state index in [0.717, 1.165) is 18.4 Å². The number of nitrogens with zero attached hydrogens (tertiary/aromatic N) is 6. The summed E-state index contributed by atoms with van der Waals surface area (Å²) >= 11 is 6.28. The van der Waals surface area contributed by atoms with E-state index >= 15 is 0 Å². The van der Waals surface area contributed by atoms with Crippen LogP contribution in [0.15, 0.2) is 91.4 Å². The van der Waals surface area contributed by atoms with Gasteiger partial charge in [-0.1, -0.05) is 54.1 Å². The van der Waals surface area contributed by atoms with Crippen LogP contribution >= 0.6 is 11.6 Å². The molecule has 0 spiro atoms. The van der Waals surface area contributed by atoms with E-state index < -0.39 is 5.97 Å². The summed E-state index contributed by atoms with van der Waals surface area (Å²) in [5.41, 5.74) is 3.96. The topological polar surface area (TPSA) is 130 Å². The number of nitrogens with one attached hydrogen (secondary N) is 1. The van der Waals surface area contributed by atoms with Crippen molar-refractivity contribution < 1.29 is 14.7 Å². The van der Waals surface area contributed by atoms with Gasteiger partial charge in [0.2, 0.25) is 5.91 Å². The number of piperidine rings is 1. The third-order valence-electron chi connectivity index (χ3n) is 7.42. The molecule has 5 aromatic rings. The van der Waals surface area contributed by atoms with Crippen molar-refractivity contribution in [3.05, 3.63) is 119 Å². The number of rotatable bonds is 7. The summed E-state index contributed by atoms with van der Waals surface area (Å²) in [7, 11) is 0. The highest BCUT2D eigenvalue weighted by Crippen LogP contribution is 2.42. The number of aromatic carboxylic acids is 1. The number of carboxylic acids is 1. The van der Waals surface area contributed by atoms with Crippen LogP contribution < -0.4 is 0 Å². The minimum absolute atomic E-state index is 0.00427. The molecule has 42 heavy (non-hydrogen) atoms. The number of tetrazole rings is 1. The minimum atomic E-state index is -1.00. The maximum atomic E-state index is 13.9. The van der Waals surface area contributed by atoms with Gasteiger partial charge in [-0.3, -0.25) is 4.79 Å². The van der Waals surface area contributed by atoms with Gasteiger partial charge in [-0.2, -0.15) is 4.68 Å². The highest BCUT2D eigenvalue weighted by molar-refractivity contribution is 6.30. The molecule has 1 saturated heterocycles. The Labute approximate surface area is 246 Å². The Morgan fingerprint density at radius 2 is 1.90 bits per heavy atom. The first-order chi connectivity index (χ1) is 20.5. The second kappa shape index (κ2) is 11.8. The lowest BCUT2D eigenvalue weighted by Gasteiger charge is -2.40. The zero-order chi connectivity index (χ0) is 29.1. The molecule has 2 N–H and O–H groups in total. The van der Waals surface area contributed by atoms with E-state index in [1.165, 1.54) is 11.0 Å². The first kappa shape index (κ1) is 27.1. The average Bonchev–Trinajstić information content (AvgIpc) is 3.73. The molecule has 1 amide bonds. The Kier molecular flexibility index (Phi) is 7.61. The van der Waals surface area contributed by atoms with Gasteiger partial charge in [0.15, 0.2) is 0 Å². The van der Waals surface area contributed by atoms with E-state index in [1.54, 1.807) is 54.7 Å². The number of carbonyl (C=O) groups is 2. The number of likely N-dealkylation sites (tertiary alicyclic amines) is 1. The van der Waals surface area contributed by atoms with Crippen molar-refractivity contribution in [1.29, 1.82) is 0 Å². The predicted octanol–water partition coefficient (Wildman–Crippen LogP) is 5.56. The number of hydrogen-bond donors (Lipinski definition) is 2. The summed E-state index contributed by atoms with van der Waals surface area (Å²) in [4.78, 5) is 35.4. The normalized spacial score (nSPS) is 17.0. The van der Waals surface area contributed by atoms with Crippen molar-refractivity contribution in [1.82, 2.24) is 35.1 Å². The Morgan fingerprint density at radius 3 is 2.69 bits per heavy atom. The fraction of sp³-hybridized carbons (Fsp3) is 0.161. The van der Waals surface area contributed by atoms with E-state index in [2.05, 4.69) is 32.6 Å². The number of imidazole rings is 1. The molecule has 210 valence electrons. The molecular weight excluding hydrogens is 554 g/mol. The zero-order valence-corrected chi connectivity index (χ0v) is 23.1. The number of hydrogen-bond acceptors (Lipinski definition) is 6. The number of carboxylic acid groups (broad SMARTS) is 1. The molecule has 0 bridgehead atoms. The van der Waals surface area contributed by atoms with E-state index in [9.17, 15) is 14.7 Å². The first-order valence-electron chi connectivity index (χ1n) is 13.4. The lowest BCUT2D eigenvalue weighted by atomic mass is 9.83. The van der Waals surface area contributed by atoms with Crippen LogP contribution in [0, 0.1) is 0 Å². The molecule has 1 aliphatic rings. The molecule has 0 radical (unpaired) electrons. The largest absolute Gasteiger partial charge is 0.478 e. The van der Waals surface area contributed by atoms with Crippen LogP contribution in [-0.2, 0) is 4.79 Å². The van der Waals surface area contributed by atoms with Crippen LogP contribution in [0.2, 0.25) is 5.02 Å². The average molecular weight is 580 g/mol. The number of carbonyl (C=O) groups excluding carboxylic acids is 1. The number of benzene rings is 3. The van der Waals surface area contributed by atoms with Crippen LogP contribution in [0.5, 0.6) is 0 Å². The van der Waals surface area contributed by atoms with Crippen molar-refractivity contribution in [2.75, 3.05) is 6.54 Å². The van der Waals surface area contributed by atoms with E-state index in [4.69, 9.17) is 16.6 Å². The van der Waals surface area contributed by atoms with Crippen LogP contribution in [0.25, 0.3) is 23.0 Å². The van der Waals surface area contributed by atoms with E-state index in [-0.39, 0.29) is 23.4 Å². The molecule has 0 aliphatic carbocycles. The number of H-pyrrole nitrogens is 1. The Morgan fingerprint density at radius 1 is 1.05 bits per heavy atom. The van der Waals surface area contributed by atoms with E-state index in [0.29, 0.717) is 39.9 Å². The first-order valence-corrected chi connectivity index (χ1v) is 13.8. The summed E-state index contributed by atoms with van der Waals surface area (Å²) < 4.78 is 1.51. The lowest BCUT2D eigenvalue weighted by molar-refractivity contribution is -0.130. The van der Waals surface area contributed by atoms with Gasteiger partial charge in [0.05, 0.1) is 23.0 Å². The zero-order valence-electron chi connectivity index (χ0n) is 22.3. The van der Waals surface area contributed by atoms with Crippen LogP contribution in [-0.4, -0.2) is 58.6 Å². The molecule has 10 nitrogen and oxygen atoms in total. The molecule has 0 saturated carbocycles. The van der Waals surface area contributed by atoms with Gasteiger partial charge in [0.25, 0.3) is 0 Å². The molecule has 2 aromatic heterocycles. The molecule has 3 aromatic carbocycles. The van der Waals surface area contributed by atoms with Crippen molar-refractivity contribution in [3.8, 4) is 16.9 Å². The van der Waals surface area contributed by atoms with Crippen LogP contribution in [0.3, 0.4) is 0 Å². The molecule has 3 heterocycles.